The first kappa shape index (κ1) is 14.3. The van der Waals surface area contributed by atoms with Crippen LogP contribution >= 0.6 is 0 Å². The third-order valence-electron chi connectivity index (χ3n) is 3.16. The number of nitrogens with zero attached hydrogens (tertiary/aromatic N) is 3. The van der Waals surface area contributed by atoms with Gasteiger partial charge in [-0.15, -0.1) is 0 Å². The lowest BCUT2D eigenvalue weighted by molar-refractivity contribution is -0.116. The lowest BCUT2D eigenvalue weighted by Gasteiger charge is -2.09. The maximum absolute atomic E-state index is 11.8. The number of aryl methyl sites for hydroxylation is 1. The van der Waals surface area contributed by atoms with E-state index in [2.05, 4.69) is 10.3 Å². The first-order chi connectivity index (χ1) is 9.51. The van der Waals surface area contributed by atoms with Crippen molar-refractivity contribution in [2.45, 2.75) is 19.9 Å². The Morgan fingerprint density at radius 1 is 1.45 bits per heavy atom. The number of hydrogen-bond acceptors (Lipinski definition) is 4. The molecule has 0 radical (unpaired) electrons. The fraction of sp³-hybridized carbons (Fsp3) is 0.429. The Labute approximate surface area is 118 Å². The number of benzene rings is 1. The van der Waals surface area contributed by atoms with Crippen LogP contribution in [-0.4, -0.2) is 41.0 Å². The van der Waals surface area contributed by atoms with E-state index in [0.717, 1.165) is 29.8 Å². The van der Waals surface area contributed by atoms with Gasteiger partial charge in [-0.3, -0.25) is 4.79 Å². The molecule has 6 heteroatoms. The number of nitrogens with one attached hydrogen (secondary N) is 1. The largest absolute Gasteiger partial charge is 0.369 e. The molecule has 1 amide bonds. The molecule has 0 bridgehead atoms. The topological polar surface area (TPSA) is 76.2 Å². The van der Waals surface area contributed by atoms with Crippen LogP contribution in [0.3, 0.4) is 0 Å². The first-order valence-corrected chi connectivity index (χ1v) is 6.71. The summed E-state index contributed by atoms with van der Waals surface area (Å²) in [6.45, 7) is 3.52. The van der Waals surface area contributed by atoms with Crippen LogP contribution in [0.2, 0.25) is 0 Å². The van der Waals surface area contributed by atoms with E-state index in [0.29, 0.717) is 12.4 Å². The first-order valence-electron chi connectivity index (χ1n) is 6.71. The lowest BCUT2D eigenvalue weighted by atomic mass is 10.2. The van der Waals surface area contributed by atoms with Crippen LogP contribution < -0.4 is 11.1 Å². The molecule has 0 aliphatic carbocycles. The zero-order valence-corrected chi connectivity index (χ0v) is 12.2. The van der Waals surface area contributed by atoms with Gasteiger partial charge in [-0.05, 0) is 39.2 Å². The van der Waals surface area contributed by atoms with Crippen LogP contribution in [0.1, 0.15) is 13.3 Å². The SMILES string of the molecule is CCn1c(N)nc2cc(NC(=O)CCN(C)C)ccc21. The highest BCUT2D eigenvalue weighted by Gasteiger charge is 2.09. The quantitative estimate of drug-likeness (QED) is 0.867. The van der Waals surface area contributed by atoms with Crippen molar-refractivity contribution in [2.24, 2.45) is 0 Å². The van der Waals surface area contributed by atoms with Crippen LogP contribution in [0.25, 0.3) is 11.0 Å². The highest BCUT2D eigenvalue weighted by molar-refractivity contribution is 5.93. The van der Waals surface area contributed by atoms with Gasteiger partial charge in [-0.1, -0.05) is 0 Å². The Balaban J connectivity index is 2.14. The van der Waals surface area contributed by atoms with Gasteiger partial charge in [0.05, 0.1) is 11.0 Å². The Morgan fingerprint density at radius 3 is 2.85 bits per heavy atom. The third kappa shape index (κ3) is 3.08. The van der Waals surface area contributed by atoms with Crippen molar-refractivity contribution >= 4 is 28.6 Å². The molecule has 0 atom stereocenters. The minimum absolute atomic E-state index is 0.000876. The van der Waals surface area contributed by atoms with Crippen LogP contribution in [0.15, 0.2) is 18.2 Å². The number of nitrogens with two attached hydrogens (primary N) is 1. The number of carbonyl (C=O) groups is 1. The van der Waals surface area contributed by atoms with Gasteiger partial charge in [0.1, 0.15) is 0 Å². The number of rotatable bonds is 5. The van der Waals surface area contributed by atoms with Gasteiger partial charge in [0.15, 0.2) is 0 Å². The molecule has 1 aromatic carbocycles. The molecule has 1 heterocycles. The minimum Gasteiger partial charge on any atom is -0.369 e. The van der Waals surface area contributed by atoms with Crippen LogP contribution in [0, 0.1) is 0 Å². The molecule has 2 rings (SSSR count). The van der Waals surface area contributed by atoms with E-state index in [1.165, 1.54) is 0 Å². The van der Waals surface area contributed by atoms with Crippen LogP contribution in [0.5, 0.6) is 0 Å². The van der Waals surface area contributed by atoms with Gasteiger partial charge in [-0.25, -0.2) is 4.98 Å². The van der Waals surface area contributed by atoms with Crippen LogP contribution in [0.4, 0.5) is 11.6 Å². The Hall–Kier alpha value is -2.08. The molecule has 0 saturated carbocycles. The highest BCUT2D eigenvalue weighted by atomic mass is 16.1. The van der Waals surface area contributed by atoms with Gasteiger partial charge < -0.3 is 20.5 Å². The second kappa shape index (κ2) is 5.92. The van der Waals surface area contributed by atoms with Crippen LogP contribution in [-0.2, 0) is 11.3 Å². The second-order valence-electron chi connectivity index (χ2n) is 5.02. The van der Waals surface area contributed by atoms with E-state index in [-0.39, 0.29) is 5.91 Å². The predicted octanol–water partition coefficient (Wildman–Crippen LogP) is 1.53. The molecule has 0 saturated heterocycles. The molecule has 0 spiro atoms. The zero-order valence-electron chi connectivity index (χ0n) is 12.2. The third-order valence-corrected chi connectivity index (χ3v) is 3.16. The van der Waals surface area contributed by atoms with Gasteiger partial charge in [0.2, 0.25) is 11.9 Å². The van der Waals surface area contributed by atoms with E-state index in [1.807, 2.05) is 48.7 Å². The average Bonchev–Trinajstić information content (AvgIpc) is 2.70. The number of carbonyl (C=O) groups excluding carboxylic acids is 1. The molecule has 3 N–H and O–H groups in total. The zero-order chi connectivity index (χ0) is 14.7. The molecule has 20 heavy (non-hydrogen) atoms. The second-order valence-corrected chi connectivity index (χ2v) is 5.02. The van der Waals surface area contributed by atoms with Gasteiger partial charge in [0, 0.05) is 25.2 Å². The van der Waals surface area contributed by atoms with Crippen molar-refractivity contribution < 1.29 is 4.79 Å². The Morgan fingerprint density at radius 2 is 2.20 bits per heavy atom. The number of nitrogen functional groups attached to an aromatic ring is 1. The summed E-state index contributed by atoms with van der Waals surface area (Å²) >= 11 is 0. The molecule has 0 unspecified atom stereocenters. The van der Waals surface area contributed by atoms with E-state index in [9.17, 15) is 4.79 Å². The molecule has 0 fully saturated rings. The maximum Gasteiger partial charge on any atom is 0.225 e. The standard InChI is InChI=1S/C14H21N5O/c1-4-19-12-6-5-10(9-11(12)17-14(19)15)16-13(20)7-8-18(2)3/h5-6,9H,4,7-8H2,1-3H3,(H2,15,17)(H,16,20). The van der Waals surface area contributed by atoms with Gasteiger partial charge >= 0.3 is 0 Å². The molecule has 6 nitrogen and oxygen atoms in total. The van der Waals surface area contributed by atoms with E-state index in [1.54, 1.807) is 0 Å². The van der Waals surface area contributed by atoms with Crippen molar-refractivity contribution in [3.63, 3.8) is 0 Å². The monoisotopic (exact) mass is 275 g/mol. The maximum atomic E-state index is 11.8. The van der Waals surface area contributed by atoms with Crippen molar-refractivity contribution in [3.8, 4) is 0 Å². The fourth-order valence-corrected chi connectivity index (χ4v) is 2.11. The summed E-state index contributed by atoms with van der Waals surface area (Å²) in [7, 11) is 3.89. The Kier molecular flexibility index (Phi) is 4.24. The van der Waals surface area contributed by atoms with Crippen molar-refractivity contribution in [1.29, 1.82) is 0 Å². The molecule has 0 aliphatic heterocycles. The average molecular weight is 275 g/mol. The fourth-order valence-electron chi connectivity index (χ4n) is 2.11. The summed E-state index contributed by atoms with van der Waals surface area (Å²) < 4.78 is 1.94. The molecular weight excluding hydrogens is 254 g/mol. The number of fused-ring (bicyclic) bond motifs is 1. The summed E-state index contributed by atoms with van der Waals surface area (Å²) in [6.07, 6.45) is 0.469. The Bertz CT molecular complexity index is 617. The molecule has 1 aromatic heterocycles. The number of anilines is 2. The normalized spacial score (nSPS) is 11.2. The number of imidazole rings is 1. The number of aromatic nitrogens is 2. The van der Waals surface area contributed by atoms with Gasteiger partial charge in [-0.2, -0.15) is 0 Å². The molecule has 2 aromatic rings. The lowest BCUT2D eigenvalue weighted by Crippen LogP contribution is -2.20. The molecule has 0 aliphatic rings. The summed E-state index contributed by atoms with van der Waals surface area (Å²) in [6, 6.07) is 5.67. The number of amides is 1. The summed E-state index contributed by atoms with van der Waals surface area (Å²) in [5.74, 6) is 0.500. The van der Waals surface area contributed by atoms with Crippen molar-refractivity contribution in [1.82, 2.24) is 14.5 Å². The highest BCUT2D eigenvalue weighted by Crippen LogP contribution is 2.21. The van der Waals surface area contributed by atoms with E-state index >= 15 is 0 Å². The van der Waals surface area contributed by atoms with E-state index in [4.69, 9.17) is 5.73 Å². The van der Waals surface area contributed by atoms with E-state index < -0.39 is 0 Å². The summed E-state index contributed by atoms with van der Waals surface area (Å²) in [4.78, 5) is 18.1. The van der Waals surface area contributed by atoms with Gasteiger partial charge in [0.25, 0.3) is 0 Å². The summed E-state index contributed by atoms with van der Waals surface area (Å²) in [5.41, 5.74) is 8.39. The minimum atomic E-state index is 0.000876. The predicted molar refractivity (Wildman–Crippen MR) is 81.6 cm³/mol. The molecule has 108 valence electrons. The van der Waals surface area contributed by atoms with Crippen molar-refractivity contribution in [3.05, 3.63) is 18.2 Å². The number of hydrogen-bond donors (Lipinski definition) is 2. The summed E-state index contributed by atoms with van der Waals surface area (Å²) in [5, 5.41) is 2.88. The molecular formula is C14H21N5O. The smallest absolute Gasteiger partial charge is 0.225 e. The van der Waals surface area contributed by atoms with Crippen molar-refractivity contribution in [2.75, 3.05) is 31.7 Å².